The molecule has 0 aliphatic carbocycles. The number of amides is 1. The number of carbonyl (C=O) groups excluding carboxylic acids is 1. The van der Waals surface area contributed by atoms with Crippen LogP contribution in [0.5, 0.6) is 0 Å². The van der Waals surface area contributed by atoms with Crippen LogP contribution in [0.1, 0.15) is 30.8 Å². The predicted molar refractivity (Wildman–Crippen MR) is 82.5 cm³/mol. The molecular formula is C17H20N2O3. The van der Waals surface area contributed by atoms with Crippen molar-refractivity contribution in [1.82, 2.24) is 10.1 Å². The third-order valence-electron chi connectivity index (χ3n) is 4.32. The van der Waals surface area contributed by atoms with Gasteiger partial charge in [0.25, 0.3) is 5.91 Å². The molecule has 116 valence electrons. The Balaban J connectivity index is 1.85. The first-order chi connectivity index (χ1) is 10.6. The van der Waals surface area contributed by atoms with Crippen LogP contribution in [0.2, 0.25) is 0 Å². The van der Waals surface area contributed by atoms with Crippen LogP contribution in [0, 0.1) is 0 Å². The Hall–Kier alpha value is -2.14. The van der Waals surface area contributed by atoms with Gasteiger partial charge in [0.1, 0.15) is 5.69 Å². The van der Waals surface area contributed by atoms with Crippen LogP contribution in [0.4, 0.5) is 0 Å². The predicted octanol–water partition coefficient (Wildman–Crippen LogP) is 2.98. The summed E-state index contributed by atoms with van der Waals surface area (Å²) in [6, 6.07) is 11.4. The molecule has 0 N–H and O–H groups in total. The van der Waals surface area contributed by atoms with Crippen LogP contribution in [0.15, 0.2) is 40.9 Å². The zero-order valence-electron chi connectivity index (χ0n) is 12.9. The summed E-state index contributed by atoms with van der Waals surface area (Å²) in [4.78, 5) is 14.6. The van der Waals surface area contributed by atoms with Crippen molar-refractivity contribution in [2.45, 2.75) is 25.8 Å². The molecule has 1 aliphatic rings. The first-order valence-corrected chi connectivity index (χ1v) is 7.56. The van der Waals surface area contributed by atoms with Gasteiger partial charge in [0.2, 0.25) is 5.76 Å². The SMILES string of the molecule is CCC1(C)COCCN1C(=O)c1cc(-c2ccccc2)no1. The highest BCUT2D eigenvalue weighted by Gasteiger charge is 2.38. The Morgan fingerprint density at radius 2 is 2.14 bits per heavy atom. The van der Waals surface area contributed by atoms with Gasteiger partial charge in [0.15, 0.2) is 0 Å². The summed E-state index contributed by atoms with van der Waals surface area (Å²) in [7, 11) is 0. The standard InChI is InChI=1S/C17H20N2O3/c1-3-17(2)12-21-10-9-19(17)16(20)15-11-14(18-22-15)13-7-5-4-6-8-13/h4-8,11H,3,9-10,12H2,1-2H3. The molecule has 0 bridgehead atoms. The smallest absolute Gasteiger partial charge is 0.293 e. The molecule has 1 fully saturated rings. The minimum absolute atomic E-state index is 0.123. The Labute approximate surface area is 129 Å². The van der Waals surface area contributed by atoms with Crippen LogP contribution >= 0.6 is 0 Å². The number of morpholine rings is 1. The summed E-state index contributed by atoms with van der Waals surface area (Å²) in [5.41, 5.74) is 1.32. The molecule has 1 atom stereocenters. The Bertz CT molecular complexity index is 653. The van der Waals surface area contributed by atoms with Crippen LogP contribution in [0.25, 0.3) is 11.3 Å². The second-order valence-corrected chi connectivity index (χ2v) is 5.80. The normalized spacial score (nSPS) is 21.8. The molecule has 2 aromatic rings. The van der Waals surface area contributed by atoms with E-state index in [2.05, 4.69) is 12.1 Å². The zero-order chi connectivity index (χ0) is 15.6. The molecule has 1 unspecified atom stereocenters. The van der Waals surface area contributed by atoms with E-state index < -0.39 is 0 Å². The van der Waals surface area contributed by atoms with Gasteiger partial charge in [0.05, 0.1) is 18.8 Å². The highest BCUT2D eigenvalue weighted by molar-refractivity contribution is 5.93. The fraction of sp³-hybridized carbons (Fsp3) is 0.412. The molecule has 1 aromatic carbocycles. The van der Waals surface area contributed by atoms with Crippen molar-refractivity contribution in [3.05, 3.63) is 42.2 Å². The Morgan fingerprint density at radius 3 is 2.86 bits per heavy atom. The average Bonchev–Trinajstić information content (AvgIpc) is 3.05. The maximum Gasteiger partial charge on any atom is 0.293 e. The molecule has 0 spiro atoms. The van der Waals surface area contributed by atoms with E-state index in [1.165, 1.54) is 0 Å². The van der Waals surface area contributed by atoms with Crippen molar-refractivity contribution in [2.24, 2.45) is 0 Å². The maximum atomic E-state index is 12.8. The van der Waals surface area contributed by atoms with E-state index in [0.717, 1.165) is 12.0 Å². The molecule has 1 saturated heterocycles. The van der Waals surface area contributed by atoms with E-state index in [4.69, 9.17) is 9.26 Å². The lowest BCUT2D eigenvalue weighted by molar-refractivity contribution is -0.0479. The number of nitrogens with zero attached hydrogens (tertiary/aromatic N) is 2. The fourth-order valence-corrected chi connectivity index (χ4v) is 2.69. The van der Waals surface area contributed by atoms with Gasteiger partial charge in [-0.15, -0.1) is 0 Å². The molecular weight excluding hydrogens is 280 g/mol. The van der Waals surface area contributed by atoms with Gasteiger partial charge in [-0.2, -0.15) is 0 Å². The lowest BCUT2D eigenvalue weighted by atomic mass is 9.95. The summed E-state index contributed by atoms with van der Waals surface area (Å²) >= 11 is 0. The topological polar surface area (TPSA) is 55.6 Å². The number of hydrogen-bond acceptors (Lipinski definition) is 4. The molecule has 22 heavy (non-hydrogen) atoms. The van der Waals surface area contributed by atoms with Gasteiger partial charge in [-0.05, 0) is 13.3 Å². The number of hydrogen-bond donors (Lipinski definition) is 0. The lowest BCUT2D eigenvalue weighted by Gasteiger charge is -2.43. The highest BCUT2D eigenvalue weighted by Crippen LogP contribution is 2.27. The van der Waals surface area contributed by atoms with E-state index in [-0.39, 0.29) is 17.2 Å². The van der Waals surface area contributed by atoms with Crippen LogP contribution in [-0.2, 0) is 4.74 Å². The largest absolute Gasteiger partial charge is 0.377 e. The van der Waals surface area contributed by atoms with Gasteiger partial charge < -0.3 is 14.2 Å². The number of benzene rings is 1. The van der Waals surface area contributed by atoms with Gasteiger partial charge in [0, 0.05) is 18.2 Å². The quantitative estimate of drug-likeness (QED) is 0.874. The van der Waals surface area contributed by atoms with Crippen molar-refractivity contribution < 1.29 is 14.1 Å². The van der Waals surface area contributed by atoms with Gasteiger partial charge in [-0.1, -0.05) is 42.4 Å². The third kappa shape index (κ3) is 2.64. The maximum absolute atomic E-state index is 12.8. The minimum Gasteiger partial charge on any atom is -0.377 e. The molecule has 0 radical (unpaired) electrons. The summed E-state index contributed by atoms with van der Waals surface area (Å²) in [5, 5.41) is 4.02. The Morgan fingerprint density at radius 1 is 1.36 bits per heavy atom. The van der Waals surface area contributed by atoms with Crippen LogP contribution < -0.4 is 0 Å². The number of carbonyl (C=O) groups is 1. The van der Waals surface area contributed by atoms with Crippen molar-refractivity contribution in [3.8, 4) is 11.3 Å². The Kier molecular flexibility index (Phi) is 3.98. The molecule has 0 saturated carbocycles. The van der Waals surface area contributed by atoms with Crippen molar-refractivity contribution in [2.75, 3.05) is 19.8 Å². The second kappa shape index (κ2) is 5.93. The summed E-state index contributed by atoms with van der Waals surface area (Å²) in [5.74, 6) is 0.155. The van der Waals surface area contributed by atoms with Crippen molar-refractivity contribution >= 4 is 5.91 Å². The molecule has 1 amide bonds. The summed E-state index contributed by atoms with van der Waals surface area (Å²) in [6.45, 7) is 5.78. The lowest BCUT2D eigenvalue weighted by Crippen LogP contribution is -2.56. The van der Waals surface area contributed by atoms with E-state index in [9.17, 15) is 4.79 Å². The van der Waals surface area contributed by atoms with Gasteiger partial charge in [-0.25, -0.2) is 0 Å². The highest BCUT2D eigenvalue weighted by atomic mass is 16.5. The van der Waals surface area contributed by atoms with E-state index in [1.807, 2.05) is 42.2 Å². The van der Waals surface area contributed by atoms with Gasteiger partial charge in [-0.3, -0.25) is 4.79 Å². The van der Waals surface area contributed by atoms with Crippen LogP contribution in [0.3, 0.4) is 0 Å². The van der Waals surface area contributed by atoms with Gasteiger partial charge >= 0.3 is 0 Å². The summed E-state index contributed by atoms with van der Waals surface area (Å²) < 4.78 is 10.8. The number of aromatic nitrogens is 1. The minimum atomic E-state index is -0.297. The first-order valence-electron chi connectivity index (χ1n) is 7.56. The molecule has 3 rings (SSSR count). The monoisotopic (exact) mass is 300 g/mol. The van der Waals surface area contributed by atoms with Crippen molar-refractivity contribution in [1.29, 1.82) is 0 Å². The van der Waals surface area contributed by atoms with Crippen LogP contribution in [-0.4, -0.2) is 41.3 Å². The molecule has 5 heteroatoms. The average molecular weight is 300 g/mol. The third-order valence-corrected chi connectivity index (χ3v) is 4.32. The van der Waals surface area contributed by atoms with Crippen molar-refractivity contribution in [3.63, 3.8) is 0 Å². The van der Waals surface area contributed by atoms with E-state index >= 15 is 0 Å². The summed E-state index contributed by atoms with van der Waals surface area (Å²) in [6.07, 6.45) is 0.832. The number of rotatable bonds is 3. The first kappa shape index (κ1) is 14.8. The van der Waals surface area contributed by atoms with E-state index in [1.54, 1.807) is 6.07 Å². The molecule has 5 nitrogen and oxygen atoms in total. The molecule has 1 aromatic heterocycles. The molecule has 2 heterocycles. The number of ether oxygens (including phenoxy) is 1. The second-order valence-electron chi connectivity index (χ2n) is 5.80. The fourth-order valence-electron chi connectivity index (χ4n) is 2.69. The molecule has 1 aliphatic heterocycles. The zero-order valence-corrected chi connectivity index (χ0v) is 12.9. The van der Waals surface area contributed by atoms with E-state index in [0.29, 0.717) is 25.5 Å².